The molecule has 5 heteroatoms. The maximum Gasteiger partial charge on any atom is 0.253 e. The van der Waals surface area contributed by atoms with Crippen LogP contribution in [-0.4, -0.2) is 52.9 Å². The number of aromatic nitrogens is 1. The Labute approximate surface area is 154 Å². The van der Waals surface area contributed by atoms with E-state index in [1.165, 1.54) is 19.4 Å². The molecule has 0 N–H and O–H groups in total. The van der Waals surface area contributed by atoms with E-state index in [-0.39, 0.29) is 5.91 Å². The largest absolute Gasteiger partial charge is 0.487 e. The molecule has 3 heterocycles. The Morgan fingerprint density at radius 3 is 3.00 bits per heavy atom. The minimum Gasteiger partial charge on any atom is -0.487 e. The molecule has 2 aromatic rings. The van der Waals surface area contributed by atoms with Gasteiger partial charge in [-0.3, -0.25) is 14.7 Å². The van der Waals surface area contributed by atoms with E-state index >= 15 is 0 Å². The highest BCUT2D eigenvalue weighted by Gasteiger charge is 2.32. The van der Waals surface area contributed by atoms with Crippen LogP contribution in [0.15, 0.2) is 42.6 Å². The molecule has 0 saturated carbocycles. The molecule has 4 rings (SSSR count). The number of hydrogen-bond acceptors (Lipinski definition) is 4. The molecular weight excluding hydrogens is 326 g/mol. The van der Waals surface area contributed by atoms with Crippen LogP contribution < -0.4 is 4.74 Å². The van der Waals surface area contributed by atoms with Gasteiger partial charge in [0, 0.05) is 36.9 Å². The van der Waals surface area contributed by atoms with Crippen LogP contribution >= 0.6 is 0 Å². The van der Waals surface area contributed by atoms with Crippen LogP contribution in [0.3, 0.4) is 0 Å². The number of amides is 1. The molecule has 1 unspecified atom stereocenters. The zero-order valence-electron chi connectivity index (χ0n) is 15.2. The highest BCUT2D eigenvalue weighted by Crippen LogP contribution is 2.23. The Morgan fingerprint density at radius 1 is 1.23 bits per heavy atom. The van der Waals surface area contributed by atoms with E-state index < -0.39 is 0 Å². The average Bonchev–Trinajstić information content (AvgIpc) is 3.15. The first-order valence-corrected chi connectivity index (χ1v) is 9.37. The van der Waals surface area contributed by atoms with Crippen molar-refractivity contribution >= 4 is 5.91 Å². The molecule has 26 heavy (non-hydrogen) atoms. The lowest BCUT2D eigenvalue weighted by atomic mass is 10.1. The van der Waals surface area contributed by atoms with E-state index in [4.69, 9.17) is 4.74 Å². The monoisotopic (exact) mass is 351 g/mol. The fraction of sp³-hybridized carbons (Fsp3) is 0.429. The molecule has 0 spiro atoms. The summed E-state index contributed by atoms with van der Waals surface area (Å²) >= 11 is 0. The lowest BCUT2D eigenvalue weighted by molar-refractivity contribution is 0.0571. The smallest absolute Gasteiger partial charge is 0.253 e. The second kappa shape index (κ2) is 7.46. The van der Waals surface area contributed by atoms with Crippen LogP contribution in [0, 0.1) is 6.92 Å². The van der Waals surface area contributed by atoms with Gasteiger partial charge < -0.3 is 9.64 Å². The number of nitrogens with zero attached hydrogens (tertiary/aromatic N) is 3. The van der Waals surface area contributed by atoms with E-state index in [2.05, 4.69) is 9.88 Å². The number of rotatable bonds is 4. The number of piperazine rings is 1. The third kappa shape index (κ3) is 3.73. The Balaban J connectivity index is 1.40. The van der Waals surface area contributed by atoms with Crippen LogP contribution in [0.1, 0.15) is 34.5 Å². The van der Waals surface area contributed by atoms with Crippen LogP contribution in [0.2, 0.25) is 0 Å². The summed E-state index contributed by atoms with van der Waals surface area (Å²) in [6.07, 6.45) is 4.20. The Hall–Kier alpha value is -2.40. The third-order valence-electron chi connectivity index (χ3n) is 5.34. The van der Waals surface area contributed by atoms with Crippen molar-refractivity contribution in [3.05, 3.63) is 59.4 Å². The van der Waals surface area contributed by atoms with Crippen LogP contribution in [-0.2, 0) is 6.61 Å². The third-order valence-corrected chi connectivity index (χ3v) is 5.34. The van der Waals surface area contributed by atoms with E-state index in [1.807, 2.05) is 48.2 Å². The SMILES string of the molecule is Cc1ccc(OCc2cccc(C(=O)N3CCN4CCCC4C3)c2)cn1. The van der Waals surface area contributed by atoms with Gasteiger partial charge in [0.2, 0.25) is 0 Å². The van der Waals surface area contributed by atoms with Gasteiger partial charge in [-0.15, -0.1) is 0 Å². The lowest BCUT2D eigenvalue weighted by Crippen LogP contribution is -2.52. The second-order valence-electron chi connectivity index (χ2n) is 7.21. The van der Waals surface area contributed by atoms with Crippen molar-refractivity contribution in [3.63, 3.8) is 0 Å². The number of hydrogen-bond donors (Lipinski definition) is 0. The van der Waals surface area contributed by atoms with E-state index in [9.17, 15) is 4.79 Å². The van der Waals surface area contributed by atoms with Crippen molar-refractivity contribution in [3.8, 4) is 5.75 Å². The second-order valence-corrected chi connectivity index (χ2v) is 7.21. The number of aryl methyl sites for hydroxylation is 1. The molecule has 0 radical (unpaired) electrons. The number of ether oxygens (including phenoxy) is 1. The molecule has 1 aromatic heterocycles. The van der Waals surface area contributed by atoms with E-state index in [1.54, 1.807) is 6.20 Å². The van der Waals surface area contributed by atoms with Gasteiger partial charge in [-0.25, -0.2) is 0 Å². The number of fused-ring (bicyclic) bond motifs is 1. The molecule has 1 aromatic carbocycles. The quantitative estimate of drug-likeness (QED) is 0.850. The van der Waals surface area contributed by atoms with Crippen molar-refractivity contribution in [2.45, 2.75) is 32.4 Å². The highest BCUT2D eigenvalue weighted by molar-refractivity contribution is 5.94. The predicted molar refractivity (Wildman–Crippen MR) is 100 cm³/mol. The minimum absolute atomic E-state index is 0.135. The predicted octanol–water partition coefficient (Wildman–Crippen LogP) is 2.89. The van der Waals surface area contributed by atoms with Crippen molar-refractivity contribution in [2.24, 2.45) is 0 Å². The van der Waals surface area contributed by atoms with Crippen molar-refractivity contribution in [1.82, 2.24) is 14.8 Å². The first-order chi connectivity index (χ1) is 12.7. The summed E-state index contributed by atoms with van der Waals surface area (Å²) in [5.41, 5.74) is 2.71. The van der Waals surface area contributed by atoms with Crippen LogP contribution in [0.4, 0.5) is 0 Å². The molecule has 136 valence electrons. The van der Waals surface area contributed by atoms with E-state index in [0.717, 1.165) is 42.2 Å². The lowest BCUT2D eigenvalue weighted by Gasteiger charge is -2.37. The van der Waals surface area contributed by atoms with Gasteiger partial charge in [0.05, 0.1) is 6.20 Å². The summed E-state index contributed by atoms with van der Waals surface area (Å²) in [5.74, 6) is 0.875. The van der Waals surface area contributed by atoms with Gasteiger partial charge in [-0.1, -0.05) is 12.1 Å². The first-order valence-electron chi connectivity index (χ1n) is 9.37. The average molecular weight is 351 g/mol. The fourth-order valence-electron chi connectivity index (χ4n) is 3.86. The molecule has 0 bridgehead atoms. The zero-order valence-corrected chi connectivity index (χ0v) is 15.2. The van der Waals surface area contributed by atoms with Crippen molar-refractivity contribution in [1.29, 1.82) is 0 Å². The summed E-state index contributed by atoms with van der Waals surface area (Å²) in [5, 5.41) is 0. The van der Waals surface area contributed by atoms with Gasteiger partial charge in [-0.05, 0) is 56.1 Å². The summed E-state index contributed by atoms with van der Waals surface area (Å²) in [4.78, 5) is 21.7. The van der Waals surface area contributed by atoms with Crippen LogP contribution in [0.5, 0.6) is 5.75 Å². The standard InChI is InChI=1S/C21H25N3O2/c1-16-7-8-20(13-22-16)26-15-17-4-2-5-18(12-17)21(25)24-11-10-23-9-3-6-19(23)14-24/h2,4-5,7-8,12-13,19H,3,6,9-11,14-15H2,1H3. The van der Waals surface area contributed by atoms with Gasteiger partial charge in [0.1, 0.15) is 12.4 Å². The maximum atomic E-state index is 12.9. The number of benzene rings is 1. The maximum absolute atomic E-state index is 12.9. The first kappa shape index (κ1) is 17.0. The molecular formula is C21H25N3O2. The summed E-state index contributed by atoms with van der Waals surface area (Å²) in [6.45, 7) is 6.25. The normalized spacial score (nSPS) is 20.0. The molecule has 2 saturated heterocycles. The zero-order chi connectivity index (χ0) is 17.9. The highest BCUT2D eigenvalue weighted by atomic mass is 16.5. The Morgan fingerprint density at radius 2 is 2.15 bits per heavy atom. The molecule has 5 nitrogen and oxygen atoms in total. The summed E-state index contributed by atoms with van der Waals surface area (Å²) in [7, 11) is 0. The number of carbonyl (C=O) groups is 1. The van der Waals surface area contributed by atoms with Gasteiger partial charge >= 0.3 is 0 Å². The summed E-state index contributed by atoms with van der Waals surface area (Å²) < 4.78 is 5.79. The van der Waals surface area contributed by atoms with Gasteiger partial charge in [-0.2, -0.15) is 0 Å². The number of carbonyl (C=O) groups excluding carboxylic acids is 1. The molecule has 1 atom stereocenters. The molecule has 2 aliphatic rings. The van der Waals surface area contributed by atoms with E-state index in [0.29, 0.717) is 12.6 Å². The van der Waals surface area contributed by atoms with Crippen molar-refractivity contribution < 1.29 is 9.53 Å². The Kier molecular flexibility index (Phi) is 4.89. The van der Waals surface area contributed by atoms with Gasteiger partial charge in [0.15, 0.2) is 0 Å². The Bertz CT molecular complexity index is 775. The molecule has 1 amide bonds. The fourth-order valence-corrected chi connectivity index (χ4v) is 3.86. The number of pyridine rings is 1. The van der Waals surface area contributed by atoms with Gasteiger partial charge in [0.25, 0.3) is 5.91 Å². The molecule has 2 aliphatic heterocycles. The minimum atomic E-state index is 0.135. The molecule has 2 fully saturated rings. The van der Waals surface area contributed by atoms with Crippen LogP contribution in [0.25, 0.3) is 0 Å². The van der Waals surface area contributed by atoms with Crippen molar-refractivity contribution in [2.75, 3.05) is 26.2 Å². The molecule has 0 aliphatic carbocycles. The topological polar surface area (TPSA) is 45.7 Å². The summed E-state index contributed by atoms with van der Waals surface area (Å²) in [6, 6.07) is 12.2.